The first-order chi connectivity index (χ1) is 16.1. The van der Waals surface area contributed by atoms with Gasteiger partial charge in [0.15, 0.2) is 0 Å². The lowest BCUT2D eigenvalue weighted by molar-refractivity contribution is -0.211. The summed E-state index contributed by atoms with van der Waals surface area (Å²) in [6.45, 7) is 2.36. The highest BCUT2D eigenvalue weighted by molar-refractivity contribution is 6.31. The summed E-state index contributed by atoms with van der Waals surface area (Å²) in [5.74, 6) is -2.69. The lowest BCUT2D eigenvalue weighted by atomic mass is 9.93. The molecule has 2 unspecified atom stereocenters. The Morgan fingerprint density at radius 2 is 1.97 bits per heavy atom. The van der Waals surface area contributed by atoms with Crippen molar-refractivity contribution in [3.63, 3.8) is 0 Å². The lowest BCUT2D eigenvalue weighted by Crippen LogP contribution is -2.67. The number of nitrogens with two attached hydrogens (primary N) is 1. The van der Waals surface area contributed by atoms with Crippen molar-refractivity contribution in [3.05, 3.63) is 58.9 Å². The van der Waals surface area contributed by atoms with Gasteiger partial charge < -0.3 is 20.3 Å². The number of halogens is 2. The minimum absolute atomic E-state index is 0.0418. The molecule has 1 aliphatic carbocycles. The van der Waals surface area contributed by atoms with Crippen LogP contribution < -0.4 is 5.73 Å². The number of allylic oxidation sites excluding steroid dienone is 2. The molecule has 34 heavy (non-hydrogen) atoms. The summed E-state index contributed by atoms with van der Waals surface area (Å²) in [6.07, 6.45) is 3.48. The summed E-state index contributed by atoms with van der Waals surface area (Å²) in [7, 11) is 0. The number of carbonyl (C=O) groups is 3. The molecule has 0 bridgehead atoms. The number of piperazine rings is 1. The summed E-state index contributed by atoms with van der Waals surface area (Å²) in [5, 5.41) is 9.42. The summed E-state index contributed by atoms with van der Waals surface area (Å²) in [5.41, 5.74) is 4.91. The number of nitrogens with zero attached hydrogens (tertiary/aromatic N) is 2. The van der Waals surface area contributed by atoms with E-state index in [2.05, 4.69) is 4.90 Å². The van der Waals surface area contributed by atoms with E-state index < -0.39 is 42.3 Å². The Morgan fingerprint density at radius 1 is 1.26 bits per heavy atom. The molecule has 0 radical (unpaired) electrons. The van der Waals surface area contributed by atoms with Crippen LogP contribution in [0.25, 0.3) is 0 Å². The van der Waals surface area contributed by atoms with E-state index in [0.29, 0.717) is 31.2 Å². The topological polar surface area (TPSA) is 122 Å². The fourth-order valence-electron chi connectivity index (χ4n) is 4.36. The van der Waals surface area contributed by atoms with Crippen LogP contribution in [0.5, 0.6) is 0 Å². The van der Waals surface area contributed by atoms with Crippen LogP contribution in [-0.4, -0.2) is 76.9 Å². The predicted octanol–water partition coefficient (Wildman–Crippen LogP) is 1.61. The third-order valence-corrected chi connectivity index (χ3v) is 5.92. The maximum atomic E-state index is 13.3. The number of esters is 1. The molecule has 1 aromatic rings. The van der Waals surface area contributed by atoms with Gasteiger partial charge in [-0.2, -0.15) is 0 Å². The van der Waals surface area contributed by atoms with Gasteiger partial charge in [-0.3, -0.25) is 19.4 Å². The van der Waals surface area contributed by atoms with E-state index in [-0.39, 0.29) is 12.2 Å². The molecule has 1 saturated heterocycles. The highest BCUT2D eigenvalue weighted by Gasteiger charge is 2.51. The normalized spacial score (nSPS) is 25.6. The zero-order valence-electron chi connectivity index (χ0n) is 18.7. The molecule has 1 aromatic carbocycles. The highest BCUT2D eigenvalue weighted by Crippen LogP contribution is 2.36. The van der Waals surface area contributed by atoms with E-state index in [9.17, 15) is 18.8 Å². The highest BCUT2D eigenvalue weighted by atomic mass is 35.5. The smallest absolute Gasteiger partial charge is 0.329 e. The van der Waals surface area contributed by atoms with Crippen LogP contribution in [0.15, 0.2) is 47.5 Å². The fraction of sp³-hybridized carbons (Fsp3) is 0.435. The molecule has 0 saturated carbocycles. The second-order valence-corrected chi connectivity index (χ2v) is 8.67. The predicted molar refractivity (Wildman–Crippen MR) is 121 cm³/mol. The number of carboxylic acids is 1. The molecule has 184 valence electrons. The van der Waals surface area contributed by atoms with Crippen molar-refractivity contribution in [1.82, 2.24) is 9.80 Å². The molecular weight excluding hydrogens is 469 g/mol. The number of amides is 1. The average Bonchev–Trinajstić information content (AvgIpc) is 2.75. The first kappa shape index (κ1) is 25.8. The minimum atomic E-state index is -1.53. The summed E-state index contributed by atoms with van der Waals surface area (Å²) in [6, 6.07) is 5.66. The average molecular weight is 496 g/mol. The monoisotopic (exact) mass is 495 g/mol. The van der Waals surface area contributed by atoms with E-state index in [1.807, 2.05) is 0 Å². The Labute approximate surface area is 201 Å². The molecule has 2 aliphatic rings. The first-order valence-corrected chi connectivity index (χ1v) is 11.1. The van der Waals surface area contributed by atoms with Crippen LogP contribution in [0.3, 0.4) is 0 Å². The van der Waals surface area contributed by atoms with E-state index in [0.717, 1.165) is 5.56 Å². The van der Waals surface area contributed by atoms with Crippen LogP contribution in [-0.2, 0) is 30.4 Å². The Morgan fingerprint density at radius 3 is 2.59 bits per heavy atom. The van der Waals surface area contributed by atoms with Gasteiger partial charge in [-0.1, -0.05) is 23.7 Å². The maximum absolute atomic E-state index is 13.3. The second kappa shape index (κ2) is 11.1. The zero-order valence-corrected chi connectivity index (χ0v) is 19.4. The number of carboxylic acid groups (broad SMARTS) is 1. The van der Waals surface area contributed by atoms with Crippen molar-refractivity contribution in [2.24, 2.45) is 5.73 Å². The Kier molecular flexibility index (Phi) is 8.42. The molecule has 3 N–H and O–H groups in total. The number of carbonyl (C=O) groups excluding carboxylic acids is 2. The summed E-state index contributed by atoms with van der Waals surface area (Å²) >= 11 is 6.15. The number of aliphatic carboxylic acids is 1. The SMILES string of the molecule is CC(=O)OC1(N2CCN(Cc3ccc(F)cc3)C[C@H]2CC(N)=O)C=CC(Cl)=CC1OCC(=O)O. The van der Waals surface area contributed by atoms with E-state index in [1.165, 1.54) is 31.2 Å². The molecule has 1 fully saturated rings. The molecule has 11 heteroatoms. The molecule has 0 aromatic heterocycles. The van der Waals surface area contributed by atoms with Gasteiger partial charge in [-0.05, 0) is 35.9 Å². The van der Waals surface area contributed by atoms with Crippen molar-refractivity contribution in [1.29, 1.82) is 0 Å². The van der Waals surface area contributed by atoms with Gasteiger partial charge in [0.2, 0.25) is 11.6 Å². The van der Waals surface area contributed by atoms with Gasteiger partial charge in [-0.15, -0.1) is 0 Å². The zero-order chi connectivity index (χ0) is 24.9. The van der Waals surface area contributed by atoms with Crippen molar-refractivity contribution < 1.29 is 33.4 Å². The molecule has 1 aliphatic heterocycles. The Hall–Kier alpha value is -2.79. The largest absolute Gasteiger partial charge is 0.480 e. The van der Waals surface area contributed by atoms with Gasteiger partial charge in [0, 0.05) is 50.6 Å². The van der Waals surface area contributed by atoms with E-state index >= 15 is 0 Å². The molecule has 9 nitrogen and oxygen atoms in total. The Balaban J connectivity index is 1.91. The van der Waals surface area contributed by atoms with Gasteiger partial charge in [0.1, 0.15) is 18.5 Å². The number of rotatable bonds is 9. The van der Waals surface area contributed by atoms with Crippen molar-refractivity contribution in [3.8, 4) is 0 Å². The third kappa shape index (κ3) is 6.41. The van der Waals surface area contributed by atoms with E-state index in [1.54, 1.807) is 23.1 Å². The summed E-state index contributed by atoms with van der Waals surface area (Å²) < 4.78 is 24.6. The summed E-state index contributed by atoms with van der Waals surface area (Å²) in [4.78, 5) is 39.1. The molecule has 3 atom stereocenters. The third-order valence-electron chi connectivity index (χ3n) is 5.67. The van der Waals surface area contributed by atoms with Crippen LogP contribution in [0.2, 0.25) is 0 Å². The van der Waals surface area contributed by atoms with Gasteiger partial charge in [0.05, 0.1) is 0 Å². The number of ether oxygens (including phenoxy) is 2. The molecule has 0 spiro atoms. The fourth-order valence-corrected chi connectivity index (χ4v) is 4.54. The van der Waals surface area contributed by atoms with Crippen molar-refractivity contribution in [2.75, 3.05) is 26.2 Å². The van der Waals surface area contributed by atoms with Gasteiger partial charge >= 0.3 is 11.9 Å². The lowest BCUT2D eigenvalue weighted by Gasteiger charge is -2.52. The number of hydrogen-bond donors (Lipinski definition) is 2. The standard InChI is InChI=1S/C23H27ClFN3O6/c1-15(29)34-23(7-6-17(24)10-20(23)33-14-22(31)32)28-9-8-27(13-19(28)11-21(26)30)12-16-2-4-18(25)5-3-16/h2-7,10,19-20H,8-9,11-14H2,1H3,(H2,26,30)(H,31,32)/t19-,20?,23?/m1/s1. The minimum Gasteiger partial charge on any atom is -0.480 e. The second-order valence-electron chi connectivity index (χ2n) is 8.23. The number of benzene rings is 1. The van der Waals surface area contributed by atoms with Gasteiger partial charge in [0.25, 0.3) is 0 Å². The first-order valence-electron chi connectivity index (χ1n) is 10.7. The van der Waals surface area contributed by atoms with Crippen LogP contribution in [0, 0.1) is 5.82 Å². The van der Waals surface area contributed by atoms with Gasteiger partial charge in [-0.25, -0.2) is 9.18 Å². The molecule has 3 rings (SSSR count). The Bertz CT molecular complexity index is 985. The van der Waals surface area contributed by atoms with E-state index in [4.69, 9.17) is 31.9 Å². The molecular formula is C23H27ClFN3O6. The van der Waals surface area contributed by atoms with Crippen molar-refractivity contribution >= 4 is 29.4 Å². The molecule has 1 amide bonds. The number of hydrogen-bond acceptors (Lipinski definition) is 7. The maximum Gasteiger partial charge on any atom is 0.329 e. The number of primary amides is 1. The van der Waals surface area contributed by atoms with Crippen LogP contribution in [0.1, 0.15) is 18.9 Å². The quantitative estimate of drug-likeness (QED) is 0.495. The molecule has 1 heterocycles. The van der Waals surface area contributed by atoms with Crippen LogP contribution >= 0.6 is 11.6 Å². The van der Waals surface area contributed by atoms with Crippen LogP contribution in [0.4, 0.5) is 4.39 Å². The van der Waals surface area contributed by atoms with Crippen molar-refractivity contribution in [2.45, 2.75) is 37.8 Å².